The van der Waals surface area contributed by atoms with Crippen molar-refractivity contribution in [1.29, 1.82) is 0 Å². The second-order valence-electron chi connectivity index (χ2n) is 5.89. The van der Waals surface area contributed by atoms with Crippen LogP contribution in [0.3, 0.4) is 0 Å². The molecule has 0 bridgehead atoms. The van der Waals surface area contributed by atoms with E-state index in [4.69, 9.17) is 10.5 Å². The Kier molecular flexibility index (Phi) is 3.66. The molecule has 1 aliphatic carbocycles. The third kappa shape index (κ3) is 2.52. The van der Waals surface area contributed by atoms with Crippen LogP contribution in [0.15, 0.2) is 24.3 Å². The molecular weight excluding hydrogens is 252 g/mol. The van der Waals surface area contributed by atoms with Crippen molar-refractivity contribution in [2.45, 2.75) is 50.7 Å². The number of hydrogen-bond donors (Lipinski definition) is 1. The largest absolute Gasteiger partial charge is 0.442 e. The zero-order valence-electron chi connectivity index (χ0n) is 11.8. The predicted molar refractivity (Wildman–Crippen MR) is 78.6 cm³/mol. The van der Waals surface area contributed by atoms with Gasteiger partial charge >= 0.3 is 6.09 Å². The Morgan fingerprint density at radius 3 is 2.70 bits per heavy atom. The molecule has 0 aromatic heterocycles. The fraction of sp³-hybridized carbons (Fsp3) is 0.562. The van der Waals surface area contributed by atoms with Gasteiger partial charge < -0.3 is 10.5 Å². The van der Waals surface area contributed by atoms with Crippen molar-refractivity contribution in [1.82, 2.24) is 0 Å². The summed E-state index contributed by atoms with van der Waals surface area (Å²) < 4.78 is 5.81. The van der Waals surface area contributed by atoms with E-state index in [0.29, 0.717) is 6.54 Å². The summed E-state index contributed by atoms with van der Waals surface area (Å²) in [5.41, 5.74) is 7.40. The highest BCUT2D eigenvalue weighted by atomic mass is 16.6. The van der Waals surface area contributed by atoms with E-state index in [1.807, 2.05) is 24.3 Å². The molecule has 108 valence electrons. The maximum atomic E-state index is 12.3. The Morgan fingerprint density at radius 1 is 1.20 bits per heavy atom. The smallest absolute Gasteiger partial charge is 0.414 e. The van der Waals surface area contributed by atoms with Crippen molar-refractivity contribution in [3.8, 4) is 0 Å². The van der Waals surface area contributed by atoms with Crippen molar-refractivity contribution in [2.75, 3.05) is 11.4 Å². The molecule has 1 aliphatic heterocycles. The Labute approximate surface area is 119 Å². The minimum Gasteiger partial charge on any atom is -0.442 e. The van der Waals surface area contributed by atoms with Gasteiger partial charge in [0.2, 0.25) is 0 Å². The summed E-state index contributed by atoms with van der Waals surface area (Å²) in [6, 6.07) is 7.83. The van der Waals surface area contributed by atoms with Gasteiger partial charge in [-0.1, -0.05) is 18.6 Å². The van der Waals surface area contributed by atoms with Crippen molar-refractivity contribution in [2.24, 2.45) is 5.73 Å². The van der Waals surface area contributed by atoms with Crippen LogP contribution in [0.2, 0.25) is 0 Å². The highest BCUT2D eigenvalue weighted by Crippen LogP contribution is 2.38. The summed E-state index contributed by atoms with van der Waals surface area (Å²) in [6.45, 7) is 1.23. The monoisotopic (exact) mass is 274 g/mol. The quantitative estimate of drug-likeness (QED) is 0.901. The van der Waals surface area contributed by atoms with Crippen molar-refractivity contribution >= 4 is 11.8 Å². The second kappa shape index (κ2) is 5.44. The maximum Gasteiger partial charge on any atom is 0.414 e. The molecule has 0 atom stereocenters. The van der Waals surface area contributed by atoms with Gasteiger partial charge in [0.15, 0.2) is 0 Å². The van der Waals surface area contributed by atoms with Crippen molar-refractivity contribution in [3.63, 3.8) is 0 Å². The molecule has 2 N–H and O–H groups in total. The average Bonchev–Trinajstić information content (AvgIpc) is 2.48. The molecule has 1 amide bonds. The van der Waals surface area contributed by atoms with Crippen LogP contribution in [0.1, 0.15) is 44.1 Å². The first kappa shape index (κ1) is 13.4. The summed E-state index contributed by atoms with van der Waals surface area (Å²) in [7, 11) is 0. The zero-order valence-corrected chi connectivity index (χ0v) is 11.8. The molecule has 1 saturated carbocycles. The number of benzene rings is 1. The highest BCUT2D eigenvalue weighted by Gasteiger charge is 2.41. The maximum absolute atomic E-state index is 12.3. The van der Waals surface area contributed by atoms with Gasteiger partial charge in [0.1, 0.15) is 5.60 Å². The lowest BCUT2D eigenvalue weighted by Gasteiger charge is -2.43. The molecule has 2 fully saturated rings. The number of nitrogens with two attached hydrogens (primary N) is 1. The Balaban J connectivity index is 1.75. The van der Waals surface area contributed by atoms with E-state index in [0.717, 1.165) is 37.1 Å². The molecule has 0 radical (unpaired) electrons. The van der Waals surface area contributed by atoms with E-state index in [2.05, 4.69) is 0 Å². The van der Waals surface area contributed by atoms with Crippen LogP contribution in [0.4, 0.5) is 10.5 Å². The van der Waals surface area contributed by atoms with Gasteiger partial charge in [-0.2, -0.15) is 0 Å². The van der Waals surface area contributed by atoms with Crippen LogP contribution >= 0.6 is 0 Å². The first-order valence-electron chi connectivity index (χ1n) is 7.52. The van der Waals surface area contributed by atoms with E-state index < -0.39 is 0 Å². The third-order valence-electron chi connectivity index (χ3n) is 4.54. The Hall–Kier alpha value is -1.55. The van der Waals surface area contributed by atoms with E-state index in [1.165, 1.54) is 19.3 Å². The van der Waals surface area contributed by atoms with Gasteiger partial charge in [0.25, 0.3) is 0 Å². The number of rotatable bonds is 2. The molecule has 1 aromatic carbocycles. The molecular formula is C16H22N2O2. The molecule has 1 aromatic rings. The minimum atomic E-state index is -0.202. The Bertz CT molecular complexity index is 495. The summed E-state index contributed by atoms with van der Waals surface area (Å²) in [5.74, 6) is 0. The molecule has 1 heterocycles. The summed E-state index contributed by atoms with van der Waals surface area (Å²) in [5, 5.41) is 0. The van der Waals surface area contributed by atoms with E-state index in [1.54, 1.807) is 4.90 Å². The lowest BCUT2D eigenvalue weighted by Crippen LogP contribution is -2.50. The molecule has 4 heteroatoms. The lowest BCUT2D eigenvalue weighted by molar-refractivity contribution is -0.0309. The SMILES string of the molecule is NCc1cccc(N2CCC3(CCCCC3)OC2=O)c1. The molecule has 0 unspecified atom stereocenters. The highest BCUT2D eigenvalue weighted by molar-refractivity contribution is 5.88. The van der Waals surface area contributed by atoms with Crippen LogP contribution in [0, 0.1) is 0 Å². The predicted octanol–water partition coefficient (Wildman–Crippen LogP) is 3.19. The fourth-order valence-corrected chi connectivity index (χ4v) is 3.33. The molecule has 2 aliphatic rings. The average molecular weight is 274 g/mol. The van der Waals surface area contributed by atoms with E-state index >= 15 is 0 Å². The van der Waals surface area contributed by atoms with Gasteiger partial charge in [-0.3, -0.25) is 4.90 Å². The zero-order chi connectivity index (χ0) is 14.0. The number of anilines is 1. The molecule has 4 nitrogen and oxygen atoms in total. The third-order valence-corrected chi connectivity index (χ3v) is 4.54. The van der Waals surface area contributed by atoms with Crippen LogP contribution in [-0.2, 0) is 11.3 Å². The van der Waals surface area contributed by atoms with Crippen LogP contribution in [0.5, 0.6) is 0 Å². The standard InChI is InChI=1S/C16H22N2O2/c17-12-13-5-4-6-14(11-13)18-10-9-16(20-15(18)19)7-2-1-3-8-16/h4-6,11H,1-3,7-10,12,17H2. The lowest BCUT2D eigenvalue weighted by atomic mass is 9.81. The number of carbonyl (C=O) groups is 1. The van der Waals surface area contributed by atoms with Gasteiger partial charge in [0.05, 0.1) is 0 Å². The number of hydrogen-bond acceptors (Lipinski definition) is 3. The van der Waals surface area contributed by atoms with Crippen LogP contribution < -0.4 is 10.6 Å². The number of carbonyl (C=O) groups excluding carboxylic acids is 1. The minimum absolute atomic E-state index is 0.183. The van der Waals surface area contributed by atoms with E-state index in [9.17, 15) is 4.79 Å². The normalized spacial score (nSPS) is 21.9. The van der Waals surface area contributed by atoms with Gasteiger partial charge in [0, 0.05) is 25.2 Å². The first-order valence-corrected chi connectivity index (χ1v) is 7.52. The van der Waals surface area contributed by atoms with Crippen molar-refractivity contribution in [3.05, 3.63) is 29.8 Å². The van der Waals surface area contributed by atoms with E-state index in [-0.39, 0.29) is 11.7 Å². The topological polar surface area (TPSA) is 55.6 Å². The first-order chi connectivity index (χ1) is 9.72. The van der Waals surface area contributed by atoms with Gasteiger partial charge in [-0.25, -0.2) is 4.79 Å². The molecule has 20 heavy (non-hydrogen) atoms. The molecule has 1 spiro atoms. The van der Waals surface area contributed by atoms with Crippen molar-refractivity contribution < 1.29 is 9.53 Å². The molecule has 1 saturated heterocycles. The summed E-state index contributed by atoms with van der Waals surface area (Å²) in [6.07, 6.45) is 6.40. The summed E-state index contributed by atoms with van der Waals surface area (Å²) in [4.78, 5) is 14.1. The fourth-order valence-electron chi connectivity index (χ4n) is 3.33. The Morgan fingerprint density at radius 2 is 2.00 bits per heavy atom. The number of ether oxygens (including phenoxy) is 1. The second-order valence-corrected chi connectivity index (χ2v) is 5.89. The van der Waals surface area contributed by atoms with Crippen LogP contribution in [-0.4, -0.2) is 18.2 Å². The molecule has 3 rings (SSSR count). The van der Waals surface area contributed by atoms with Crippen LogP contribution in [0.25, 0.3) is 0 Å². The number of nitrogens with zero attached hydrogens (tertiary/aromatic N) is 1. The number of amides is 1. The van der Waals surface area contributed by atoms with Gasteiger partial charge in [-0.05, 0) is 43.4 Å². The summed E-state index contributed by atoms with van der Waals surface area (Å²) >= 11 is 0. The van der Waals surface area contributed by atoms with Gasteiger partial charge in [-0.15, -0.1) is 0 Å².